The Bertz CT molecular complexity index is 2080. The highest BCUT2D eigenvalue weighted by molar-refractivity contribution is 7.00. The van der Waals surface area contributed by atoms with E-state index >= 15 is 0 Å². The minimum absolute atomic E-state index is 0.0805. The van der Waals surface area contributed by atoms with Gasteiger partial charge in [0.05, 0.1) is 22.4 Å². The predicted molar refractivity (Wildman–Crippen MR) is 161 cm³/mol. The van der Waals surface area contributed by atoms with Gasteiger partial charge in [0.2, 0.25) is 0 Å². The topological polar surface area (TPSA) is 34.0 Å². The number of nitrogens with zero attached hydrogens (tertiary/aromatic N) is 4. The Morgan fingerprint density at radius 3 is 2.26 bits per heavy atom. The van der Waals surface area contributed by atoms with Crippen LogP contribution in [0.3, 0.4) is 0 Å². The number of hydrogen-bond donors (Lipinski definition) is 0. The van der Waals surface area contributed by atoms with Crippen molar-refractivity contribution in [3.8, 4) is 17.2 Å². The van der Waals surface area contributed by atoms with Crippen LogP contribution in [-0.2, 0) is 0 Å². The summed E-state index contributed by atoms with van der Waals surface area (Å²) in [5, 5.41) is 2.52. The molecule has 0 bridgehead atoms. The molecule has 0 aliphatic carbocycles. The monoisotopic (exact) mass is 496 g/mol. The van der Waals surface area contributed by atoms with Crippen molar-refractivity contribution in [2.75, 3.05) is 4.90 Å². The summed E-state index contributed by atoms with van der Waals surface area (Å²) in [6.07, 6.45) is 1.84. The number of anilines is 3. The van der Waals surface area contributed by atoms with Crippen LogP contribution in [0.2, 0.25) is 0 Å². The molecule has 7 aromatic rings. The van der Waals surface area contributed by atoms with Crippen LogP contribution in [0.4, 0.5) is 17.1 Å². The van der Waals surface area contributed by atoms with Crippen LogP contribution in [0.1, 0.15) is 0 Å². The van der Waals surface area contributed by atoms with Crippen LogP contribution in [-0.4, -0.2) is 21.2 Å². The molecule has 0 radical (unpaired) electrons. The number of rotatable bonds is 2. The normalized spacial score (nSPS) is 13.0. The molecule has 180 valence electrons. The summed E-state index contributed by atoms with van der Waals surface area (Å²) in [6, 6.07) is 43.2. The van der Waals surface area contributed by atoms with Crippen LogP contribution >= 0.6 is 0 Å². The number of hydrogen-bond acceptors (Lipinski definition) is 3. The molecule has 0 saturated heterocycles. The quantitative estimate of drug-likeness (QED) is 0.282. The zero-order chi connectivity index (χ0) is 25.5. The lowest BCUT2D eigenvalue weighted by atomic mass is 9.34. The van der Waals surface area contributed by atoms with Gasteiger partial charge in [-0.3, -0.25) is 9.55 Å². The molecule has 0 spiro atoms. The molecule has 5 heteroatoms. The molecule has 4 aromatic carbocycles. The second kappa shape index (κ2) is 7.68. The largest absolute Gasteiger partial charge is 0.311 e. The van der Waals surface area contributed by atoms with Gasteiger partial charge in [-0.05, 0) is 58.9 Å². The Labute approximate surface area is 225 Å². The van der Waals surface area contributed by atoms with Crippen molar-refractivity contribution < 1.29 is 0 Å². The van der Waals surface area contributed by atoms with Crippen molar-refractivity contribution >= 4 is 62.0 Å². The van der Waals surface area contributed by atoms with E-state index < -0.39 is 0 Å². The first kappa shape index (κ1) is 20.9. The predicted octanol–water partition coefficient (Wildman–Crippen LogP) is 5.85. The number of pyridine rings is 2. The molecule has 0 fully saturated rings. The van der Waals surface area contributed by atoms with Gasteiger partial charge in [0, 0.05) is 34.0 Å². The summed E-state index contributed by atoms with van der Waals surface area (Å²) in [6.45, 7) is 0.0805. The van der Waals surface area contributed by atoms with Crippen molar-refractivity contribution in [1.82, 2.24) is 14.5 Å². The van der Waals surface area contributed by atoms with Crippen molar-refractivity contribution in [2.45, 2.75) is 0 Å². The van der Waals surface area contributed by atoms with Gasteiger partial charge in [0.25, 0.3) is 6.71 Å². The summed E-state index contributed by atoms with van der Waals surface area (Å²) >= 11 is 0. The van der Waals surface area contributed by atoms with E-state index in [1.165, 1.54) is 43.9 Å². The Balaban J connectivity index is 1.50. The van der Waals surface area contributed by atoms with Crippen LogP contribution in [0, 0.1) is 0 Å². The van der Waals surface area contributed by atoms with Crippen molar-refractivity contribution in [3.63, 3.8) is 0 Å². The van der Waals surface area contributed by atoms with Crippen LogP contribution in [0.15, 0.2) is 128 Å². The van der Waals surface area contributed by atoms with E-state index in [1.54, 1.807) is 0 Å². The van der Waals surface area contributed by atoms with E-state index in [2.05, 4.69) is 113 Å². The molecule has 0 saturated carbocycles. The van der Waals surface area contributed by atoms with E-state index in [0.29, 0.717) is 0 Å². The average Bonchev–Trinajstić information content (AvgIpc) is 3.35. The fourth-order valence-electron chi connectivity index (χ4n) is 6.70. The Hall–Kier alpha value is -5.16. The molecule has 4 nitrogen and oxygen atoms in total. The van der Waals surface area contributed by atoms with Gasteiger partial charge in [-0.1, -0.05) is 78.9 Å². The molecule has 5 heterocycles. The number of aromatic nitrogens is 3. The van der Waals surface area contributed by atoms with E-state index in [9.17, 15) is 0 Å². The fraction of sp³-hybridized carbons (Fsp3) is 0. The molecule has 0 amide bonds. The standard InChI is InChI=1S/C34H21BN4/c1-2-11-22(12-3-1)38-30-19-7-5-15-25(30)35-26-16-10-14-24-23-13-4-6-18-29(23)39(33(24)26)34-32(35)31(38)21-28(37-34)27-17-8-9-20-36-27/h1-21H. The maximum Gasteiger partial charge on any atom is 0.254 e. The summed E-state index contributed by atoms with van der Waals surface area (Å²) in [7, 11) is 0. The van der Waals surface area contributed by atoms with Gasteiger partial charge < -0.3 is 4.90 Å². The molecule has 2 aliphatic rings. The third-order valence-corrected chi connectivity index (χ3v) is 8.23. The van der Waals surface area contributed by atoms with Gasteiger partial charge in [0.1, 0.15) is 5.82 Å². The molecule has 9 rings (SSSR count). The average molecular weight is 496 g/mol. The summed E-state index contributed by atoms with van der Waals surface area (Å²) in [4.78, 5) is 12.5. The maximum absolute atomic E-state index is 5.40. The first-order valence-corrected chi connectivity index (χ1v) is 13.3. The zero-order valence-electron chi connectivity index (χ0n) is 21.0. The van der Waals surface area contributed by atoms with Crippen molar-refractivity contribution in [2.24, 2.45) is 0 Å². The molecule has 0 N–H and O–H groups in total. The second-order valence-corrected chi connectivity index (χ2v) is 10.2. The minimum Gasteiger partial charge on any atom is -0.311 e. The summed E-state index contributed by atoms with van der Waals surface area (Å²) < 4.78 is 2.39. The Morgan fingerprint density at radius 2 is 1.36 bits per heavy atom. The van der Waals surface area contributed by atoms with Gasteiger partial charge in [0.15, 0.2) is 0 Å². The molecule has 3 aromatic heterocycles. The lowest BCUT2D eigenvalue weighted by Gasteiger charge is -2.40. The van der Waals surface area contributed by atoms with Crippen LogP contribution in [0.25, 0.3) is 39.0 Å². The Morgan fingerprint density at radius 1 is 0.590 bits per heavy atom. The third-order valence-electron chi connectivity index (χ3n) is 8.23. The zero-order valence-corrected chi connectivity index (χ0v) is 21.0. The lowest BCUT2D eigenvalue weighted by Crippen LogP contribution is -2.60. The van der Waals surface area contributed by atoms with Crippen LogP contribution < -0.4 is 21.3 Å². The maximum atomic E-state index is 5.40. The van der Waals surface area contributed by atoms with Gasteiger partial charge in [-0.15, -0.1) is 0 Å². The third kappa shape index (κ3) is 2.74. The van der Waals surface area contributed by atoms with Gasteiger partial charge >= 0.3 is 0 Å². The number of benzene rings is 4. The van der Waals surface area contributed by atoms with Gasteiger partial charge in [-0.25, -0.2) is 4.98 Å². The first-order chi connectivity index (χ1) is 19.4. The molecular formula is C34H21BN4. The Kier molecular flexibility index (Phi) is 4.11. The highest BCUT2D eigenvalue weighted by Gasteiger charge is 2.42. The smallest absolute Gasteiger partial charge is 0.254 e. The highest BCUT2D eigenvalue weighted by Crippen LogP contribution is 2.41. The molecule has 2 aliphatic heterocycles. The van der Waals surface area contributed by atoms with Crippen molar-refractivity contribution in [3.05, 3.63) is 128 Å². The van der Waals surface area contributed by atoms with E-state index in [4.69, 9.17) is 9.97 Å². The molecular weight excluding hydrogens is 475 g/mol. The summed E-state index contributed by atoms with van der Waals surface area (Å²) in [5.74, 6) is 0.985. The fourth-order valence-corrected chi connectivity index (χ4v) is 6.70. The molecule has 0 atom stereocenters. The molecule has 0 unspecified atom stereocenters. The van der Waals surface area contributed by atoms with E-state index in [-0.39, 0.29) is 6.71 Å². The second-order valence-electron chi connectivity index (χ2n) is 10.2. The summed E-state index contributed by atoms with van der Waals surface area (Å²) in [5.41, 5.74) is 11.5. The number of fused-ring (bicyclic) bond motifs is 7. The van der Waals surface area contributed by atoms with Crippen LogP contribution in [0.5, 0.6) is 0 Å². The lowest BCUT2D eigenvalue weighted by molar-refractivity contribution is 1.08. The van der Waals surface area contributed by atoms with E-state index in [1.807, 2.05) is 24.4 Å². The SMILES string of the molecule is c1ccc(N2c3ccccc3B3c4c2cc(-c2ccccn2)nc4-n2c4ccccc4c4cccc3c42)cc1. The minimum atomic E-state index is 0.0805. The van der Waals surface area contributed by atoms with Gasteiger partial charge in [-0.2, -0.15) is 0 Å². The first-order valence-electron chi connectivity index (χ1n) is 13.3. The van der Waals surface area contributed by atoms with E-state index in [0.717, 1.165) is 28.6 Å². The number of para-hydroxylation sites is 4. The van der Waals surface area contributed by atoms with Crippen molar-refractivity contribution in [1.29, 1.82) is 0 Å². The highest BCUT2D eigenvalue weighted by atomic mass is 15.2. The molecule has 39 heavy (non-hydrogen) atoms.